The van der Waals surface area contributed by atoms with Gasteiger partial charge in [-0.15, -0.1) is 0 Å². The summed E-state index contributed by atoms with van der Waals surface area (Å²) in [6.07, 6.45) is 4.87. The predicted molar refractivity (Wildman–Crippen MR) is 134 cm³/mol. The first-order chi connectivity index (χ1) is 16.9. The highest BCUT2D eigenvalue weighted by molar-refractivity contribution is 7.92. The number of nitro benzene ring substituents is 1. The molecule has 5 rings (SSSR count). The van der Waals surface area contributed by atoms with E-state index in [4.69, 9.17) is 4.74 Å². The first-order valence-electron chi connectivity index (χ1n) is 11.4. The van der Waals surface area contributed by atoms with Crippen LogP contribution in [0.3, 0.4) is 0 Å². The molecule has 0 spiro atoms. The van der Waals surface area contributed by atoms with Crippen molar-refractivity contribution in [2.24, 2.45) is 5.92 Å². The Morgan fingerprint density at radius 2 is 1.86 bits per heavy atom. The van der Waals surface area contributed by atoms with Crippen LogP contribution in [0.15, 0.2) is 83.8 Å². The van der Waals surface area contributed by atoms with Crippen molar-refractivity contribution < 1.29 is 18.1 Å². The van der Waals surface area contributed by atoms with E-state index >= 15 is 0 Å². The van der Waals surface area contributed by atoms with Gasteiger partial charge in [0.05, 0.1) is 33.7 Å². The minimum Gasteiger partial charge on any atom is -0.492 e. The second-order valence-corrected chi connectivity index (χ2v) is 10.3. The molecule has 0 radical (unpaired) electrons. The molecule has 3 aromatic rings. The fraction of sp³-hybridized carbons (Fsp3) is 0.231. The molecule has 0 aromatic heterocycles. The smallest absolute Gasteiger partial charge is 0.274 e. The molecular weight excluding hydrogens is 466 g/mol. The number of para-hydroxylation sites is 3. The maximum atomic E-state index is 13.3. The monoisotopic (exact) mass is 491 g/mol. The highest BCUT2D eigenvalue weighted by atomic mass is 32.2. The average Bonchev–Trinajstić information content (AvgIpc) is 3.35. The highest BCUT2D eigenvalue weighted by Gasteiger charge is 2.40. The Labute approximate surface area is 203 Å². The van der Waals surface area contributed by atoms with Crippen LogP contribution in [0.4, 0.5) is 17.1 Å². The first-order valence-corrected chi connectivity index (χ1v) is 12.9. The van der Waals surface area contributed by atoms with E-state index in [1.807, 2.05) is 6.92 Å². The van der Waals surface area contributed by atoms with Crippen LogP contribution in [0.2, 0.25) is 0 Å². The van der Waals surface area contributed by atoms with Crippen molar-refractivity contribution in [2.75, 3.05) is 16.6 Å². The lowest BCUT2D eigenvalue weighted by Crippen LogP contribution is -2.30. The number of hydrogen-bond donors (Lipinski definition) is 2. The Morgan fingerprint density at radius 1 is 1.09 bits per heavy atom. The highest BCUT2D eigenvalue weighted by Crippen LogP contribution is 2.51. The molecule has 1 aliphatic carbocycles. The van der Waals surface area contributed by atoms with Crippen LogP contribution >= 0.6 is 0 Å². The minimum absolute atomic E-state index is 0.0354. The van der Waals surface area contributed by atoms with Crippen molar-refractivity contribution in [3.8, 4) is 5.75 Å². The third-order valence-electron chi connectivity index (χ3n) is 6.54. The van der Waals surface area contributed by atoms with Crippen LogP contribution in [0.25, 0.3) is 0 Å². The molecule has 2 aliphatic rings. The molecule has 0 bridgehead atoms. The van der Waals surface area contributed by atoms with Gasteiger partial charge < -0.3 is 10.1 Å². The summed E-state index contributed by atoms with van der Waals surface area (Å²) in [6, 6.07) is 18.4. The van der Waals surface area contributed by atoms with Crippen molar-refractivity contribution >= 4 is 27.1 Å². The van der Waals surface area contributed by atoms with E-state index in [1.165, 1.54) is 6.07 Å². The molecule has 3 aromatic carbocycles. The van der Waals surface area contributed by atoms with Crippen LogP contribution in [0.5, 0.6) is 5.75 Å². The molecule has 9 heteroatoms. The van der Waals surface area contributed by atoms with Gasteiger partial charge in [0.2, 0.25) is 0 Å². The summed E-state index contributed by atoms with van der Waals surface area (Å²) in [5.74, 6) is 0.444. The zero-order valence-electron chi connectivity index (χ0n) is 19.0. The fourth-order valence-corrected chi connectivity index (χ4v) is 6.11. The predicted octanol–water partition coefficient (Wildman–Crippen LogP) is 5.62. The largest absolute Gasteiger partial charge is 0.492 e. The van der Waals surface area contributed by atoms with Crippen molar-refractivity contribution in [3.05, 3.63) is 100 Å². The van der Waals surface area contributed by atoms with E-state index in [0.717, 1.165) is 17.7 Å². The first kappa shape index (κ1) is 22.9. The second-order valence-electron chi connectivity index (χ2n) is 8.58. The maximum absolute atomic E-state index is 13.3. The van der Waals surface area contributed by atoms with E-state index in [-0.39, 0.29) is 33.4 Å². The van der Waals surface area contributed by atoms with Gasteiger partial charge in [0.15, 0.2) is 0 Å². The number of fused-ring (bicyclic) bond motifs is 3. The molecule has 0 fully saturated rings. The summed E-state index contributed by atoms with van der Waals surface area (Å²) >= 11 is 0. The number of nitrogens with zero attached hydrogens (tertiary/aromatic N) is 1. The van der Waals surface area contributed by atoms with E-state index < -0.39 is 10.0 Å². The third-order valence-corrected chi connectivity index (χ3v) is 7.91. The number of allylic oxidation sites excluding steroid dienone is 2. The van der Waals surface area contributed by atoms with Crippen molar-refractivity contribution in [3.63, 3.8) is 0 Å². The van der Waals surface area contributed by atoms with E-state index in [2.05, 4.69) is 22.2 Å². The lowest BCUT2D eigenvalue weighted by atomic mass is 9.76. The molecule has 35 heavy (non-hydrogen) atoms. The molecule has 1 heterocycles. The molecule has 8 nitrogen and oxygen atoms in total. The lowest BCUT2D eigenvalue weighted by Gasteiger charge is -2.37. The van der Waals surface area contributed by atoms with E-state index in [1.54, 1.807) is 60.7 Å². The van der Waals surface area contributed by atoms with Gasteiger partial charge in [-0.25, -0.2) is 8.42 Å². The lowest BCUT2D eigenvalue weighted by molar-refractivity contribution is -0.385. The van der Waals surface area contributed by atoms with Crippen LogP contribution in [-0.4, -0.2) is 19.9 Å². The number of ether oxygens (including phenoxy) is 1. The fourth-order valence-electron chi connectivity index (χ4n) is 5.00. The van der Waals surface area contributed by atoms with Gasteiger partial charge in [-0.05, 0) is 55.2 Å². The van der Waals surface area contributed by atoms with Crippen molar-refractivity contribution in [2.45, 2.75) is 30.2 Å². The molecule has 0 unspecified atom stereocenters. The van der Waals surface area contributed by atoms with Crippen LogP contribution < -0.4 is 14.8 Å². The van der Waals surface area contributed by atoms with Crippen molar-refractivity contribution in [1.29, 1.82) is 0 Å². The topological polar surface area (TPSA) is 111 Å². The minimum atomic E-state index is -3.87. The number of benzene rings is 3. The normalized spacial score (nSPS) is 20.4. The van der Waals surface area contributed by atoms with Crippen LogP contribution in [0, 0.1) is 16.0 Å². The van der Waals surface area contributed by atoms with E-state index in [9.17, 15) is 18.5 Å². The molecular formula is C26H25N3O5S. The molecule has 2 N–H and O–H groups in total. The summed E-state index contributed by atoms with van der Waals surface area (Å²) in [5, 5.41) is 15.1. The Balaban J connectivity index is 1.50. The second kappa shape index (κ2) is 9.07. The Bertz CT molecular complexity index is 1420. The molecule has 0 saturated heterocycles. The summed E-state index contributed by atoms with van der Waals surface area (Å²) in [5.41, 5.74) is 2.72. The van der Waals surface area contributed by atoms with Gasteiger partial charge in [-0.1, -0.05) is 42.5 Å². The Morgan fingerprint density at radius 3 is 2.66 bits per heavy atom. The number of sulfonamides is 1. The molecule has 0 saturated carbocycles. The Hall–Kier alpha value is -3.85. The summed E-state index contributed by atoms with van der Waals surface area (Å²) in [7, 11) is -3.87. The summed E-state index contributed by atoms with van der Waals surface area (Å²) in [4.78, 5) is 11.4. The number of rotatable bonds is 7. The van der Waals surface area contributed by atoms with Crippen LogP contribution in [-0.2, 0) is 10.0 Å². The maximum Gasteiger partial charge on any atom is 0.274 e. The number of nitro groups is 1. The Kier molecular flexibility index (Phi) is 5.94. The quantitative estimate of drug-likeness (QED) is 0.252. The summed E-state index contributed by atoms with van der Waals surface area (Å²) in [6.45, 7) is 2.25. The SMILES string of the molecule is CCOc1ccccc1NS(=O)(=O)c1ccc2c(c1)[C@H]1C=CC[C@H]1[C@@H](c1ccccc1[N+](=O)[O-])N2. The zero-order valence-corrected chi connectivity index (χ0v) is 19.9. The summed E-state index contributed by atoms with van der Waals surface area (Å²) < 4.78 is 34.7. The molecule has 0 amide bonds. The molecule has 1 aliphatic heterocycles. The van der Waals surface area contributed by atoms with Gasteiger partial charge in [0.25, 0.3) is 15.7 Å². The number of hydrogen-bond acceptors (Lipinski definition) is 6. The molecule has 180 valence electrons. The third kappa shape index (κ3) is 4.23. The van der Waals surface area contributed by atoms with Crippen molar-refractivity contribution in [1.82, 2.24) is 0 Å². The number of nitrogens with one attached hydrogen (secondary N) is 2. The zero-order chi connectivity index (χ0) is 24.6. The van der Waals surface area contributed by atoms with Gasteiger partial charge >= 0.3 is 0 Å². The van der Waals surface area contributed by atoms with Gasteiger partial charge in [-0.2, -0.15) is 0 Å². The van der Waals surface area contributed by atoms with Gasteiger partial charge in [0, 0.05) is 17.7 Å². The van der Waals surface area contributed by atoms with Gasteiger partial charge in [-0.3, -0.25) is 14.8 Å². The number of anilines is 2. The van der Waals surface area contributed by atoms with Crippen LogP contribution in [0.1, 0.15) is 36.4 Å². The molecule has 3 atom stereocenters. The average molecular weight is 492 g/mol. The standard InChI is InChI=1S/C26H25N3O5S/c1-2-34-25-13-6-4-11-23(25)28-35(32,33)17-14-15-22-21(16-17)18-9-7-10-19(18)26(27-22)20-8-3-5-12-24(20)29(30)31/h3-9,11-16,18-19,26-28H,2,10H2,1H3/t18-,19+,26-/m0/s1. The van der Waals surface area contributed by atoms with E-state index in [0.29, 0.717) is 23.6 Å². The van der Waals surface area contributed by atoms with Gasteiger partial charge in [0.1, 0.15) is 5.75 Å².